The van der Waals surface area contributed by atoms with Crippen LogP contribution >= 0.6 is 0 Å². The highest BCUT2D eigenvalue weighted by molar-refractivity contribution is 5.33. The summed E-state index contributed by atoms with van der Waals surface area (Å²) < 4.78 is 83.7. The normalized spacial score (nSPS) is 20.4. The predicted octanol–water partition coefficient (Wildman–Crippen LogP) is 6.89. The van der Waals surface area contributed by atoms with Crippen molar-refractivity contribution in [2.24, 2.45) is 10.8 Å². The summed E-state index contributed by atoms with van der Waals surface area (Å²) in [7, 11) is 0. The first-order valence-corrected chi connectivity index (χ1v) is 9.08. The molecular weight excluding hydrogens is 370 g/mol. The average Bonchev–Trinajstić information content (AvgIpc) is 3.32. The lowest BCUT2D eigenvalue weighted by atomic mass is 9.60. The highest BCUT2D eigenvalue weighted by Gasteiger charge is 2.44. The molecule has 0 bridgehead atoms. The number of hydrogen-bond donors (Lipinski definition) is 0. The molecule has 0 aliphatic carbocycles. The fraction of sp³-hybridized carbons (Fsp3) is 0.700. The van der Waals surface area contributed by atoms with Crippen molar-refractivity contribution in [2.75, 3.05) is 6.61 Å². The molecule has 0 amide bonds. The van der Waals surface area contributed by atoms with Gasteiger partial charge in [-0.15, -0.1) is 0 Å². The smallest absolute Gasteiger partial charge is 0.373 e. The SMILES string of the molecule is CCC(CCc1cc(C(F)(F)F)cc(C(F)(F)F)c1)(CC1CO1)C(C)(C)C. The average molecular weight is 396 g/mol. The lowest BCUT2D eigenvalue weighted by molar-refractivity contribution is -0.143. The van der Waals surface area contributed by atoms with Crippen LogP contribution in [0.15, 0.2) is 18.2 Å². The molecule has 1 fully saturated rings. The van der Waals surface area contributed by atoms with Gasteiger partial charge in [0.05, 0.1) is 23.8 Å². The van der Waals surface area contributed by atoms with Crippen LogP contribution in [0.1, 0.15) is 63.6 Å². The van der Waals surface area contributed by atoms with Gasteiger partial charge in [0.2, 0.25) is 0 Å². The van der Waals surface area contributed by atoms with Gasteiger partial charge in [-0.25, -0.2) is 0 Å². The molecule has 1 aliphatic rings. The molecule has 2 unspecified atom stereocenters. The third-order valence-corrected chi connectivity index (χ3v) is 5.83. The van der Waals surface area contributed by atoms with Gasteiger partial charge in [0.15, 0.2) is 0 Å². The molecule has 1 saturated heterocycles. The maximum atomic E-state index is 13.1. The molecule has 1 aromatic rings. The zero-order valence-electron chi connectivity index (χ0n) is 16.0. The van der Waals surface area contributed by atoms with E-state index in [1.807, 2.05) is 6.92 Å². The third-order valence-electron chi connectivity index (χ3n) is 5.83. The van der Waals surface area contributed by atoms with Crippen LogP contribution in [0.25, 0.3) is 0 Å². The summed E-state index contributed by atoms with van der Waals surface area (Å²) in [5.74, 6) is 0. The largest absolute Gasteiger partial charge is 0.416 e. The van der Waals surface area contributed by atoms with Gasteiger partial charge in [-0.1, -0.05) is 27.7 Å². The molecule has 27 heavy (non-hydrogen) atoms. The first kappa shape index (κ1) is 22.1. The Morgan fingerprint density at radius 1 is 0.926 bits per heavy atom. The van der Waals surface area contributed by atoms with Crippen molar-refractivity contribution in [3.63, 3.8) is 0 Å². The van der Waals surface area contributed by atoms with Crippen LogP contribution in [0, 0.1) is 10.8 Å². The molecular formula is C20H26F6O. The van der Waals surface area contributed by atoms with E-state index < -0.39 is 23.5 Å². The zero-order valence-corrected chi connectivity index (χ0v) is 16.0. The summed E-state index contributed by atoms with van der Waals surface area (Å²) in [5.41, 5.74) is -2.81. The molecule has 1 heterocycles. The van der Waals surface area contributed by atoms with Crippen molar-refractivity contribution in [2.45, 2.75) is 71.8 Å². The first-order valence-electron chi connectivity index (χ1n) is 9.08. The number of benzene rings is 1. The van der Waals surface area contributed by atoms with Gasteiger partial charge in [-0.05, 0) is 60.3 Å². The van der Waals surface area contributed by atoms with Crippen LogP contribution in [0.4, 0.5) is 26.3 Å². The number of alkyl halides is 6. The molecule has 7 heteroatoms. The molecule has 0 N–H and O–H groups in total. The maximum Gasteiger partial charge on any atom is 0.416 e. The van der Waals surface area contributed by atoms with E-state index in [0.717, 1.165) is 25.0 Å². The molecule has 0 aromatic heterocycles. The summed E-state index contributed by atoms with van der Waals surface area (Å²) in [4.78, 5) is 0. The fourth-order valence-electron chi connectivity index (χ4n) is 3.80. The van der Waals surface area contributed by atoms with Gasteiger partial charge in [-0.3, -0.25) is 0 Å². The molecule has 0 radical (unpaired) electrons. The Kier molecular flexibility index (Phi) is 5.96. The van der Waals surface area contributed by atoms with Crippen molar-refractivity contribution >= 4 is 0 Å². The molecule has 2 atom stereocenters. The van der Waals surface area contributed by atoms with Crippen molar-refractivity contribution in [3.8, 4) is 0 Å². The van der Waals surface area contributed by atoms with Gasteiger partial charge >= 0.3 is 12.4 Å². The Morgan fingerprint density at radius 3 is 1.74 bits per heavy atom. The molecule has 0 saturated carbocycles. The van der Waals surface area contributed by atoms with Crippen molar-refractivity contribution in [3.05, 3.63) is 34.9 Å². The molecule has 154 valence electrons. The Hall–Kier alpha value is -1.24. The second-order valence-electron chi connectivity index (χ2n) is 8.46. The standard InChI is InChI=1S/C20H26F6O/c1-5-18(17(2,3)4,11-16-12-27-16)7-6-13-8-14(19(21,22)23)10-15(9-13)20(24,25)26/h8-10,16H,5-7,11-12H2,1-4H3. The van der Waals surface area contributed by atoms with E-state index in [9.17, 15) is 26.3 Å². The van der Waals surface area contributed by atoms with Crippen LogP contribution in [0.3, 0.4) is 0 Å². The monoisotopic (exact) mass is 396 g/mol. The molecule has 0 spiro atoms. The lowest BCUT2D eigenvalue weighted by Crippen LogP contribution is -2.37. The summed E-state index contributed by atoms with van der Waals surface area (Å²) in [6.07, 6.45) is -7.29. The van der Waals surface area contributed by atoms with Crippen LogP contribution in [-0.4, -0.2) is 12.7 Å². The Bertz CT molecular complexity index is 620. The van der Waals surface area contributed by atoms with Crippen LogP contribution in [0.5, 0.6) is 0 Å². The van der Waals surface area contributed by atoms with E-state index in [1.165, 1.54) is 0 Å². The fourth-order valence-corrected chi connectivity index (χ4v) is 3.80. The topological polar surface area (TPSA) is 12.5 Å². The highest BCUT2D eigenvalue weighted by Crippen LogP contribution is 2.50. The van der Waals surface area contributed by atoms with Crippen molar-refractivity contribution < 1.29 is 31.1 Å². The van der Waals surface area contributed by atoms with Crippen molar-refractivity contribution in [1.82, 2.24) is 0 Å². The van der Waals surface area contributed by atoms with Gasteiger partial charge < -0.3 is 4.74 Å². The van der Waals surface area contributed by atoms with Crippen LogP contribution in [0.2, 0.25) is 0 Å². The third kappa shape index (κ3) is 5.39. The van der Waals surface area contributed by atoms with E-state index in [4.69, 9.17) is 4.74 Å². The quantitative estimate of drug-likeness (QED) is 0.377. The van der Waals surface area contributed by atoms with E-state index >= 15 is 0 Å². The summed E-state index contributed by atoms with van der Waals surface area (Å²) in [6, 6.07) is 1.86. The Morgan fingerprint density at radius 2 is 1.41 bits per heavy atom. The van der Waals surface area contributed by atoms with Gasteiger partial charge in [-0.2, -0.15) is 26.3 Å². The summed E-state index contributed by atoms with van der Waals surface area (Å²) in [6.45, 7) is 8.87. The number of rotatable bonds is 6. The second kappa shape index (κ2) is 7.30. The molecule has 1 aromatic carbocycles. The maximum absolute atomic E-state index is 13.1. The number of hydrogen-bond acceptors (Lipinski definition) is 1. The number of ether oxygens (including phenoxy) is 1. The number of aryl methyl sites for hydroxylation is 1. The molecule has 1 nitrogen and oxygen atoms in total. The van der Waals surface area contributed by atoms with Crippen LogP contribution < -0.4 is 0 Å². The van der Waals surface area contributed by atoms with E-state index in [-0.39, 0.29) is 35.0 Å². The van der Waals surface area contributed by atoms with Gasteiger partial charge in [0, 0.05) is 0 Å². The number of epoxide rings is 1. The minimum absolute atomic E-state index is 0.0657. The second-order valence-corrected chi connectivity index (χ2v) is 8.46. The first-order chi connectivity index (χ1) is 12.2. The van der Waals surface area contributed by atoms with Gasteiger partial charge in [0.25, 0.3) is 0 Å². The lowest BCUT2D eigenvalue weighted by Gasteiger charge is -2.45. The predicted molar refractivity (Wildman–Crippen MR) is 91.3 cm³/mol. The Balaban J connectivity index is 2.34. The number of halogens is 6. The van der Waals surface area contributed by atoms with Gasteiger partial charge in [0.1, 0.15) is 0 Å². The highest BCUT2D eigenvalue weighted by atomic mass is 19.4. The molecule has 1 aliphatic heterocycles. The summed E-state index contributed by atoms with van der Waals surface area (Å²) >= 11 is 0. The Labute approximate surface area is 156 Å². The minimum atomic E-state index is -4.82. The van der Waals surface area contributed by atoms with Crippen LogP contribution in [-0.2, 0) is 23.5 Å². The molecule has 2 rings (SSSR count). The summed E-state index contributed by atoms with van der Waals surface area (Å²) in [5, 5.41) is 0. The minimum Gasteiger partial charge on any atom is -0.373 e. The van der Waals surface area contributed by atoms with Crippen molar-refractivity contribution in [1.29, 1.82) is 0 Å². The van der Waals surface area contributed by atoms with E-state index in [1.54, 1.807) is 0 Å². The zero-order chi connectivity index (χ0) is 20.7. The van der Waals surface area contributed by atoms with E-state index in [2.05, 4.69) is 20.8 Å². The van der Waals surface area contributed by atoms with E-state index in [0.29, 0.717) is 13.0 Å².